The molecular formula is C22H33N3O2. The summed E-state index contributed by atoms with van der Waals surface area (Å²) in [4.78, 5) is 12.5. The molecule has 0 saturated heterocycles. The average molecular weight is 372 g/mol. The second kappa shape index (κ2) is 7.91. The second-order valence-electron chi connectivity index (χ2n) is 9.17. The molecule has 0 spiro atoms. The van der Waals surface area contributed by atoms with Crippen LogP contribution >= 0.6 is 0 Å². The minimum atomic E-state index is 0.0719. The maximum absolute atomic E-state index is 12.5. The van der Waals surface area contributed by atoms with E-state index in [0.717, 1.165) is 54.9 Å². The normalized spacial score (nSPS) is 24.8. The number of nitrogens with one attached hydrogen (secondary N) is 2. The van der Waals surface area contributed by atoms with Crippen LogP contribution < -0.4 is 15.8 Å². The molecule has 1 saturated carbocycles. The lowest BCUT2D eigenvalue weighted by Gasteiger charge is -2.36. The zero-order chi connectivity index (χ0) is 19.6. The fraction of sp³-hybridized carbons (Fsp3) is 0.636. The van der Waals surface area contributed by atoms with Gasteiger partial charge in [0.05, 0.1) is 6.61 Å². The molecule has 2 aliphatic rings. The van der Waals surface area contributed by atoms with Gasteiger partial charge in [0, 0.05) is 29.5 Å². The fourth-order valence-electron chi connectivity index (χ4n) is 4.42. The number of nitrogens with two attached hydrogens (primary N) is 1. The monoisotopic (exact) mass is 371 g/mol. The highest BCUT2D eigenvalue weighted by atomic mass is 16.5. The highest BCUT2D eigenvalue weighted by Gasteiger charge is 2.32. The number of hydrogen-bond donors (Lipinski definition) is 3. The molecule has 5 heteroatoms. The standard InChI is InChI=1S/C22H33N3O2/c1-22(2,3)17-7-4-14(5-8-17)21(26)25-11-10-16-13-27-19-9-6-15(20(23)24)12-18(16)19/h6,9,12,14,16-17H,4-5,7-8,10-11,13H2,1-3H3,(H3,23,24)(H,25,26). The molecule has 1 aromatic carbocycles. The Morgan fingerprint density at radius 2 is 1.96 bits per heavy atom. The lowest BCUT2D eigenvalue weighted by molar-refractivity contribution is -0.126. The van der Waals surface area contributed by atoms with Gasteiger partial charge in [0.25, 0.3) is 0 Å². The summed E-state index contributed by atoms with van der Waals surface area (Å²) < 4.78 is 5.74. The van der Waals surface area contributed by atoms with Crippen LogP contribution in [0.25, 0.3) is 0 Å². The zero-order valence-corrected chi connectivity index (χ0v) is 16.8. The summed E-state index contributed by atoms with van der Waals surface area (Å²) in [7, 11) is 0. The smallest absolute Gasteiger partial charge is 0.223 e. The minimum Gasteiger partial charge on any atom is -0.493 e. The molecule has 0 radical (unpaired) electrons. The van der Waals surface area contributed by atoms with Gasteiger partial charge in [0.1, 0.15) is 11.6 Å². The van der Waals surface area contributed by atoms with E-state index in [9.17, 15) is 4.79 Å². The molecule has 1 amide bonds. The largest absolute Gasteiger partial charge is 0.493 e. The van der Waals surface area contributed by atoms with Crippen molar-refractivity contribution in [2.24, 2.45) is 23.0 Å². The Bertz CT molecular complexity index is 700. The Kier molecular flexibility index (Phi) is 5.78. The van der Waals surface area contributed by atoms with E-state index in [0.29, 0.717) is 18.6 Å². The van der Waals surface area contributed by atoms with Crippen LogP contribution in [0.1, 0.15) is 69.9 Å². The first-order valence-corrected chi connectivity index (χ1v) is 10.1. The van der Waals surface area contributed by atoms with Gasteiger partial charge in [-0.1, -0.05) is 20.8 Å². The number of fused-ring (bicyclic) bond motifs is 1. The Morgan fingerprint density at radius 1 is 1.26 bits per heavy atom. The topological polar surface area (TPSA) is 88.2 Å². The summed E-state index contributed by atoms with van der Waals surface area (Å²) in [5.41, 5.74) is 7.77. The van der Waals surface area contributed by atoms with Crippen LogP contribution in [0, 0.1) is 22.7 Å². The van der Waals surface area contributed by atoms with Gasteiger partial charge in [-0.25, -0.2) is 0 Å². The molecule has 1 atom stereocenters. The molecule has 0 bridgehead atoms. The van der Waals surface area contributed by atoms with Crippen LogP contribution in [0.4, 0.5) is 0 Å². The summed E-state index contributed by atoms with van der Waals surface area (Å²) in [6, 6.07) is 5.66. The molecule has 1 unspecified atom stereocenters. The predicted molar refractivity (Wildman–Crippen MR) is 108 cm³/mol. The minimum absolute atomic E-state index is 0.0719. The van der Waals surface area contributed by atoms with Gasteiger partial charge >= 0.3 is 0 Å². The van der Waals surface area contributed by atoms with Gasteiger partial charge in [-0.05, 0) is 61.6 Å². The lowest BCUT2D eigenvalue weighted by atomic mass is 9.69. The van der Waals surface area contributed by atoms with E-state index in [1.54, 1.807) is 0 Å². The van der Waals surface area contributed by atoms with E-state index in [2.05, 4.69) is 26.1 Å². The van der Waals surface area contributed by atoms with E-state index in [1.807, 2.05) is 18.2 Å². The van der Waals surface area contributed by atoms with Crippen LogP contribution in [0.5, 0.6) is 5.75 Å². The molecule has 4 N–H and O–H groups in total. The Morgan fingerprint density at radius 3 is 2.59 bits per heavy atom. The van der Waals surface area contributed by atoms with Gasteiger partial charge in [-0.15, -0.1) is 0 Å². The molecule has 3 rings (SSSR count). The van der Waals surface area contributed by atoms with Gasteiger partial charge in [-0.3, -0.25) is 10.2 Å². The third-order valence-corrected chi connectivity index (χ3v) is 6.32. The van der Waals surface area contributed by atoms with Gasteiger partial charge < -0.3 is 15.8 Å². The first kappa shape index (κ1) is 19.7. The van der Waals surface area contributed by atoms with Crippen molar-refractivity contribution in [2.45, 2.75) is 58.8 Å². The molecule has 5 nitrogen and oxygen atoms in total. The van der Waals surface area contributed by atoms with Crippen molar-refractivity contribution in [3.63, 3.8) is 0 Å². The molecule has 1 aliphatic heterocycles. The van der Waals surface area contributed by atoms with Gasteiger partial charge in [0.2, 0.25) is 5.91 Å². The van der Waals surface area contributed by atoms with Crippen molar-refractivity contribution in [3.05, 3.63) is 29.3 Å². The van der Waals surface area contributed by atoms with Gasteiger partial charge in [-0.2, -0.15) is 0 Å². The lowest BCUT2D eigenvalue weighted by Crippen LogP contribution is -2.36. The number of ether oxygens (including phenoxy) is 1. The van der Waals surface area contributed by atoms with E-state index in [-0.39, 0.29) is 23.6 Å². The first-order valence-electron chi connectivity index (χ1n) is 10.1. The highest BCUT2D eigenvalue weighted by Crippen LogP contribution is 2.40. The molecule has 27 heavy (non-hydrogen) atoms. The van der Waals surface area contributed by atoms with E-state index < -0.39 is 0 Å². The number of amidine groups is 1. The molecule has 148 valence electrons. The Balaban J connectivity index is 1.47. The second-order valence-corrected chi connectivity index (χ2v) is 9.17. The zero-order valence-electron chi connectivity index (χ0n) is 16.8. The number of carbonyl (C=O) groups is 1. The van der Waals surface area contributed by atoms with E-state index >= 15 is 0 Å². The van der Waals surface area contributed by atoms with Crippen molar-refractivity contribution >= 4 is 11.7 Å². The third kappa shape index (κ3) is 4.63. The fourth-order valence-corrected chi connectivity index (χ4v) is 4.42. The van der Waals surface area contributed by atoms with Crippen LogP contribution in [-0.4, -0.2) is 24.9 Å². The van der Waals surface area contributed by atoms with Crippen molar-refractivity contribution in [1.29, 1.82) is 5.41 Å². The average Bonchev–Trinajstić information content (AvgIpc) is 3.03. The SMILES string of the molecule is CC(C)(C)C1CCC(C(=O)NCCC2COc3ccc(C(=N)N)cc32)CC1. The molecule has 1 fully saturated rings. The van der Waals surface area contributed by atoms with Crippen LogP contribution in [0.2, 0.25) is 0 Å². The molecule has 1 aliphatic carbocycles. The van der Waals surface area contributed by atoms with Crippen molar-refractivity contribution in [2.75, 3.05) is 13.2 Å². The van der Waals surface area contributed by atoms with Gasteiger partial charge in [0.15, 0.2) is 0 Å². The number of nitrogen functional groups attached to an aromatic ring is 1. The first-order chi connectivity index (χ1) is 12.8. The van der Waals surface area contributed by atoms with E-state index in [4.69, 9.17) is 15.9 Å². The van der Waals surface area contributed by atoms with Crippen molar-refractivity contribution in [1.82, 2.24) is 5.32 Å². The Labute approximate surface area is 162 Å². The summed E-state index contributed by atoms with van der Waals surface area (Å²) >= 11 is 0. The predicted octanol–water partition coefficient (Wildman–Crippen LogP) is 3.81. The Hall–Kier alpha value is -2.04. The van der Waals surface area contributed by atoms with Crippen LogP contribution in [0.15, 0.2) is 18.2 Å². The number of carbonyl (C=O) groups excluding carboxylic acids is 1. The van der Waals surface area contributed by atoms with Crippen molar-refractivity contribution in [3.8, 4) is 5.75 Å². The number of rotatable bonds is 5. The third-order valence-electron chi connectivity index (χ3n) is 6.32. The number of benzene rings is 1. The molecular weight excluding hydrogens is 338 g/mol. The summed E-state index contributed by atoms with van der Waals surface area (Å²) in [5, 5.41) is 10.7. The van der Waals surface area contributed by atoms with Crippen molar-refractivity contribution < 1.29 is 9.53 Å². The maximum atomic E-state index is 12.5. The number of hydrogen-bond acceptors (Lipinski definition) is 3. The number of amides is 1. The van der Waals surface area contributed by atoms with E-state index in [1.165, 1.54) is 0 Å². The highest BCUT2D eigenvalue weighted by molar-refractivity contribution is 5.95. The quantitative estimate of drug-likeness (QED) is 0.543. The molecule has 1 aromatic rings. The summed E-state index contributed by atoms with van der Waals surface area (Å²) in [6.45, 7) is 8.20. The van der Waals surface area contributed by atoms with Crippen LogP contribution in [0.3, 0.4) is 0 Å². The molecule has 1 heterocycles. The summed E-state index contributed by atoms with van der Waals surface area (Å²) in [6.07, 6.45) is 5.16. The summed E-state index contributed by atoms with van der Waals surface area (Å²) in [5.74, 6) is 2.29. The molecule has 0 aromatic heterocycles. The van der Waals surface area contributed by atoms with Crippen LogP contribution in [-0.2, 0) is 4.79 Å². The maximum Gasteiger partial charge on any atom is 0.223 e.